The number of carbonyl (C=O) groups excluding carboxylic acids is 3. The number of carboxylic acid groups (broad SMARTS) is 1. The van der Waals surface area contributed by atoms with E-state index in [1.165, 1.54) is 449 Å². The minimum atomic E-state index is -1.62. The first-order valence-corrected chi connectivity index (χ1v) is 46.2. The van der Waals surface area contributed by atoms with Crippen molar-refractivity contribution in [1.29, 1.82) is 0 Å². The van der Waals surface area contributed by atoms with Crippen LogP contribution in [0.2, 0.25) is 0 Å². The van der Waals surface area contributed by atoms with Gasteiger partial charge in [-0.25, -0.2) is 0 Å². The highest BCUT2D eigenvalue weighted by molar-refractivity contribution is 5.70. The van der Waals surface area contributed by atoms with E-state index in [2.05, 4.69) is 13.8 Å². The van der Waals surface area contributed by atoms with Gasteiger partial charge in [0.2, 0.25) is 0 Å². The predicted molar refractivity (Wildman–Crippen MR) is 436 cm³/mol. The summed E-state index contributed by atoms with van der Waals surface area (Å²) in [5.41, 5.74) is 0. The van der Waals surface area contributed by atoms with Crippen LogP contribution in [0, 0.1) is 0 Å². The van der Waals surface area contributed by atoms with Gasteiger partial charge in [0.25, 0.3) is 0 Å². The molecule has 0 N–H and O–H groups in total. The second-order valence-electron chi connectivity index (χ2n) is 33.3. The van der Waals surface area contributed by atoms with Gasteiger partial charge in [-0.15, -0.1) is 0 Å². The van der Waals surface area contributed by atoms with Crippen molar-refractivity contribution in [2.24, 2.45) is 0 Å². The number of quaternary nitrogens is 1. The van der Waals surface area contributed by atoms with E-state index in [1.54, 1.807) is 0 Å². The van der Waals surface area contributed by atoms with Crippen LogP contribution in [-0.2, 0) is 33.3 Å². The quantitative estimate of drug-likeness (QED) is 0.0256. The molecule has 0 fully saturated rings. The fraction of sp³-hybridized carbons (Fsp3) is 0.967. The highest BCUT2D eigenvalue weighted by Crippen LogP contribution is 2.22. The molecule has 0 aromatic carbocycles. The van der Waals surface area contributed by atoms with Gasteiger partial charge in [-0.3, -0.25) is 9.59 Å². The van der Waals surface area contributed by atoms with Crippen molar-refractivity contribution in [3.63, 3.8) is 0 Å². The van der Waals surface area contributed by atoms with Crippen LogP contribution in [0.5, 0.6) is 0 Å². The molecule has 0 bridgehead atoms. The summed E-state index contributed by atoms with van der Waals surface area (Å²) in [6.45, 7) is 4.87. The molecule has 0 rings (SSSR count). The van der Waals surface area contributed by atoms with Crippen LogP contribution in [0.1, 0.15) is 515 Å². The van der Waals surface area contributed by atoms with Gasteiger partial charge in [-0.05, 0) is 12.8 Å². The third-order valence-corrected chi connectivity index (χ3v) is 21.9. The molecule has 0 saturated carbocycles. The van der Waals surface area contributed by atoms with Gasteiger partial charge in [-0.2, -0.15) is 0 Å². The lowest BCUT2D eigenvalue weighted by molar-refractivity contribution is -0.870. The van der Waals surface area contributed by atoms with E-state index in [4.69, 9.17) is 18.9 Å². The zero-order chi connectivity index (χ0) is 73.2. The summed E-state index contributed by atoms with van der Waals surface area (Å²) >= 11 is 0. The number of nitrogens with zero attached hydrogens (tertiary/aromatic N) is 1. The number of carbonyl (C=O) groups is 3. The molecule has 0 heterocycles. The maximum absolute atomic E-state index is 13.0. The third kappa shape index (κ3) is 85.4. The number of hydrogen-bond donors (Lipinski definition) is 0. The summed E-state index contributed by atoms with van der Waals surface area (Å²) in [4.78, 5) is 37.7. The Bertz CT molecular complexity index is 1620. The first kappa shape index (κ1) is 99.3. The summed E-state index contributed by atoms with van der Waals surface area (Å²) in [6.07, 6.45) is 103. The van der Waals surface area contributed by atoms with Crippen molar-refractivity contribution in [1.82, 2.24) is 0 Å². The fourth-order valence-corrected chi connectivity index (χ4v) is 14.8. The van der Waals surface area contributed by atoms with Gasteiger partial charge in [0.05, 0.1) is 40.3 Å². The number of likely N-dealkylation sites (N-methyl/N-ethyl adjacent to an activating group) is 1. The monoisotopic (exact) mass is 1430 g/mol. The van der Waals surface area contributed by atoms with Crippen LogP contribution in [0.4, 0.5) is 0 Å². The molecule has 0 aliphatic carbocycles. The molecule has 0 radical (unpaired) electrons. The second-order valence-corrected chi connectivity index (χ2v) is 33.3. The van der Waals surface area contributed by atoms with E-state index in [-0.39, 0.29) is 32.2 Å². The molecule has 0 saturated heterocycles. The van der Waals surface area contributed by atoms with Gasteiger partial charge in [0.15, 0.2) is 12.4 Å². The van der Waals surface area contributed by atoms with Crippen LogP contribution in [-0.4, -0.2) is 82.3 Å². The van der Waals surface area contributed by atoms with Gasteiger partial charge < -0.3 is 33.3 Å². The van der Waals surface area contributed by atoms with Crippen LogP contribution >= 0.6 is 0 Å². The van der Waals surface area contributed by atoms with Crippen molar-refractivity contribution in [2.75, 3.05) is 47.5 Å². The Morgan fingerprint density at radius 2 is 0.446 bits per heavy atom. The number of rotatable bonds is 89. The molecular weight excluding hydrogens is 1250 g/mol. The molecule has 0 aromatic heterocycles. The van der Waals surface area contributed by atoms with Gasteiger partial charge >= 0.3 is 11.9 Å². The Kier molecular flexibility index (Phi) is 82.5. The summed E-state index contributed by atoms with van der Waals surface area (Å²) in [5, 5.41) is 11.9. The van der Waals surface area contributed by atoms with Crippen LogP contribution < -0.4 is 5.11 Å². The van der Waals surface area contributed by atoms with Crippen LogP contribution in [0.3, 0.4) is 0 Å². The van der Waals surface area contributed by atoms with Gasteiger partial charge in [0, 0.05) is 12.8 Å². The fourth-order valence-electron chi connectivity index (χ4n) is 14.8. The highest BCUT2D eigenvalue weighted by atomic mass is 16.7. The Labute approximate surface area is 632 Å². The van der Waals surface area contributed by atoms with Crippen molar-refractivity contribution in [3.8, 4) is 0 Å². The minimum Gasteiger partial charge on any atom is -0.545 e. The van der Waals surface area contributed by atoms with E-state index in [0.29, 0.717) is 17.4 Å². The summed E-state index contributed by atoms with van der Waals surface area (Å²) in [6, 6.07) is 0. The summed E-state index contributed by atoms with van der Waals surface area (Å²) in [5.74, 6) is -2.23. The topological polar surface area (TPSA) is 111 Å². The Morgan fingerprint density at radius 3 is 0.634 bits per heavy atom. The normalized spacial score (nSPS) is 12.4. The number of unbranched alkanes of at least 4 members (excludes halogenated alkanes) is 74. The largest absolute Gasteiger partial charge is 0.545 e. The maximum Gasteiger partial charge on any atom is 0.306 e. The van der Waals surface area contributed by atoms with E-state index in [1.807, 2.05) is 21.1 Å². The average molecular weight is 1430 g/mol. The SMILES string of the molecule is CCCCCCCCCCCCCCCCCCCCCCCCCCCCCCCCCCCCCCCCCC(=O)OC(COC(=O)CCCCCCCCCCCCCCCCCCCCCCCCCCCCCCCCCCCCCCC)COC(OCC[N+](C)(C)C)C(=O)[O-]. The second kappa shape index (κ2) is 83.9. The number of hydrogen-bond acceptors (Lipinski definition) is 8. The molecule has 0 amide bonds. The van der Waals surface area contributed by atoms with E-state index >= 15 is 0 Å². The molecule has 2 unspecified atom stereocenters. The lowest BCUT2D eigenvalue weighted by atomic mass is 10.0. The minimum absolute atomic E-state index is 0.154. The zero-order valence-electron chi connectivity index (χ0n) is 69.4. The number of aliphatic carboxylic acids is 1. The molecule has 0 spiro atoms. The third-order valence-electron chi connectivity index (χ3n) is 21.9. The first-order chi connectivity index (χ1) is 49.6. The molecular formula is C92H181NO8. The maximum atomic E-state index is 13.0. The van der Waals surface area contributed by atoms with Crippen LogP contribution in [0.15, 0.2) is 0 Å². The number of esters is 2. The molecule has 2 atom stereocenters. The Hall–Kier alpha value is -1.71. The summed E-state index contributed by atoms with van der Waals surface area (Å²) in [7, 11) is 5.97. The predicted octanol–water partition coefficient (Wildman–Crippen LogP) is 28.7. The molecule has 602 valence electrons. The van der Waals surface area contributed by atoms with Crippen molar-refractivity contribution in [3.05, 3.63) is 0 Å². The average Bonchev–Trinajstić information content (AvgIpc) is 1.21. The first-order valence-electron chi connectivity index (χ1n) is 46.2. The lowest BCUT2D eigenvalue weighted by Gasteiger charge is -2.26. The standard InChI is InChI=1S/C92H181NO8/c1-6-8-10-12-14-16-18-20-22-24-26-28-30-32-34-36-38-40-42-44-45-47-49-51-53-55-57-59-61-63-65-67-69-71-73-75-77-79-81-83-90(95)101-88(87-100-92(91(96)97)98-85-84-93(3,4)5)86-99-89(94)82-80-78-76-74-72-70-68-66-64-62-60-58-56-54-52-50-48-46-43-41-39-37-35-33-31-29-27-25-23-21-19-17-15-13-11-9-7-2/h88,92H,6-87H2,1-5H3. The number of carboxylic acids is 1. The highest BCUT2D eigenvalue weighted by Gasteiger charge is 2.22. The summed E-state index contributed by atoms with van der Waals surface area (Å²) < 4.78 is 22.9. The molecule has 101 heavy (non-hydrogen) atoms. The van der Waals surface area contributed by atoms with Crippen molar-refractivity contribution >= 4 is 17.9 Å². The smallest absolute Gasteiger partial charge is 0.306 e. The molecule has 0 aromatic rings. The Balaban J connectivity index is 3.86. The lowest BCUT2D eigenvalue weighted by Crippen LogP contribution is -2.44. The number of ether oxygens (including phenoxy) is 4. The molecule has 0 aliphatic heterocycles. The Morgan fingerprint density at radius 1 is 0.257 bits per heavy atom. The van der Waals surface area contributed by atoms with Crippen LogP contribution in [0.25, 0.3) is 0 Å². The molecule has 0 aliphatic rings. The van der Waals surface area contributed by atoms with Crippen molar-refractivity contribution in [2.45, 2.75) is 527 Å². The van der Waals surface area contributed by atoms with E-state index < -0.39 is 24.3 Å². The van der Waals surface area contributed by atoms with E-state index in [0.717, 1.165) is 38.5 Å². The van der Waals surface area contributed by atoms with E-state index in [9.17, 15) is 19.5 Å². The van der Waals surface area contributed by atoms with Gasteiger partial charge in [0.1, 0.15) is 13.2 Å². The molecule has 9 nitrogen and oxygen atoms in total. The molecule has 9 heteroatoms. The van der Waals surface area contributed by atoms with Crippen molar-refractivity contribution < 1.29 is 42.9 Å². The zero-order valence-corrected chi connectivity index (χ0v) is 69.4. The van der Waals surface area contributed by atoms with Gasteiger partial charge in [-0.1, -0.05) is 489 Å².